The maximum absolute atomic E-state index is 12.5. The zero-order chi connectivity index (χ0) is 18.5. The Morgan fingerprint density at radius 3 is 2.46 bits per heavy atom. The number of amides is 2. The normalized spacial score (nSPS) is 16.3. The molecule has 1 N–H and O–H groups in total. The van der Waals surface area contributed by atoms with Gasteiger partial charge in [0.1, 0.15) is 0 Å². The summed E-state index contributed by atoms with van der Waals surface area (Å²) in [6, 6.07) is 11.0. The van der Waals surface area contributed by atoms with Crippen LogP contribution in [0.15, 0.2) is 41.8 Å². The molecule has 1 aliphatic heterocycles. The minimum atomic E-state index is 0.0112. The summed E-state index contributed by atoms with van der Waals surface area (Å²) in [6.45, 7) is 4.98. The van der Waals surface area contributed by atoms with Crippen molar-refractivity contribution in [3.05, 3.63) is 57.2 Å². The lowest BCUT2D eigenvalue weighted by Crippen LogP contribution is -2.51. The summed E-state index contributed by atoms with van der Waals surface area (Å²) in [4.78, 5) is 29.8. The first-order valence-corrected chi connectivity index (χ1v) is 9.88. The van der Waals surface area contributed by atoms with Gasteiger partial charge < -0.3 is 10.2 Å². The third-order valence-electron chi connectivity index (χ3n) is 4.47. The number of carbonyl (C=O) groups excluding carboxylic acids is 2. The van der Waals surface area contributed by atoms with Gasteiger partial charge in [-0.05, 0) is 42.6 Å². The summed E-state index contributed by atoms with van der Waals surface area (Å²) in [7, 11) is 0. The van der Waals surface area contributed by atoms with Crippen LogP contribution in [-0.4, -0.2) is 54.3 Å². The fourth-order valence-electron chi connectivity index (χ4n) is 2.98. The van der Waals surface area contributed by atoms with E-state index in [0.717, 1.165) is 4.88 Å². The Kier molecular flexibility index (Phi) is 6.29. The zero-order valence-electron chi connectivity index (χ0n) is 14.7. The molecule has 1 atom stereocenters. The molecule has 1 fully saturated rings. The molecule has 2 aromatic rings. The molecule has 26 heavy (non-hydrogen) atoms. The van der Waals surface area contributed by atoms with Gasteiger partial charge in [-0.2, -0.15) is 0 Å². The van der Waals surface area contributed by atoms with Crippen molar-refractivity contribution in [1.29, 1.82) is 0 Å². The number of benzene rings is 1. The van der Waals surface area contributed by atoms with E-state index in [2.05, 4.69) is 10.2 Å². The van der Waals surface area contributed by atoms with E-state index >= 15 is 0 Å². The smallest absolute Gasteiger partial charge is 0.253 e. The molecule has 0 aliphatic carbocycles. The highest BCUT2D eigenvalue weighted by molar-refractivity contribution is 7.10. The summed E-state index contributed by atoms with van der Waals surface area (Å²) < 4.78 is 0. The van der Waals surface area contributed by atoms with Gasteiger partial charge in [-0.15, -0.1) is 11.3 Å². The number of hydrogen-bond donors (Lipinski definition) is 1. The quantitative estimate of drug-likeness (QED) is 0.852. The maximum Gasteiger partial charge on any atom is 0.253 e. The molecule has 1 aromatic carbocycles. The van der Waals surface area contributed by atoms with Gasteiger partial charge in [0.05, 0.1) is 12.6 Å². The van der Waals surface area contributed by atoms with Crippen LogP contribution in [0.2, 0.25) is 5.02 Å². The molecule has 2 heterocycles. The Balaban J connectivity index is 1.45. The van der Waals surface area contributed by atoms with Crippen molar-refractivity contribution >= 4 is 34.8 Å². The van der Waals surface area contributed by atoms with Crippen LogP contribution in [0.5, 0.6) is 0 Å². The number of thiophene rings is 1. The number of piperazine rings is 1. The van der Waals surface area contributed by atoms with E-state index in [-0.39, 0.29) is 17.9 Å². The molecule has 1 unspecified atom stereocenters. The third kappa shape index (κ3) is 4.84. The fourth-order valence-corrected chi connectivity index (χ4v) is 3.84. The highest BCUT2D eigenvalue weighted by atomic mass is 35.5. The second-order valence-corrected chi connectivity index (χ2v) is 7.80. The monoisotopic (exact) mass is 391 g/mol. The largest absolute Gasteiger partial charge is 0.348 e. The second kappa shape index (κ2) is 8.66. The first kappa shape index (κ1) is 18.9. The fraction of sp³-hybridized carbons (Fsp3) is 0.368. The SMILES string of the molecule is CC(NC(=O)CN1CCN(C(=O)c2ccc(Cl)cc2)CC1)c1cccs1. The van der Waals surface area contributed by atoms with Crippen LogP contribution in [0, 0.1) is 0 Å². The van der Waals surface area contributed by atoms with E-state index in [0.29, 0.717) is 43.3 Å². The van der Waals surface area contributed by atoms with Crippen molar-refractivity contribution < 1.29 is 9.59 Å². The molecule has 0 spiro atoms. The number of nitrogens with one attached hydrogen (secondary N) is 1. The van der Waals surface area contributed by atoms with E-state index in [4.69, 9.17) is 11.6 Å². The van der Waals surface area contributed by atoms with Crippen LogP contribution >= 0.6 is 22.9 Å². The molecule has 7 heteroatoms. The zero-order valence-corrected chi connectivity index (χ0v) is 16.2. The Morgan fingerprint density at radius 1 is 1.15 bits per heavy atom. The molecule has 1 aromatic heterocycles. The highest BCUT2D eigenvalue weighted by Crippen LogP contribution is 2.18. The lowest BCUT2D eigenvalue weighted by Gasteiger charge is -2.34. The average Bonchev–Trinajstić information content (AvgIpc) is 3.17. The summed E-state index contributed by atoms with van der Waals surface area (Å²) >= 11 is 7.51. The van der Waals surface area contributed by atoms with Gasteiger partial charge in [0.2, 0.25) is 5.91 Å². The molecular formula is C19H22ClN3O2S. The van der Waals surface area contributed by atoms with Crippen LogP contribution < -0.4 is 5.32 Å². The molecule has 0 bridgehead atoms. The standard InChI is InChI=1S/C19H22ClN3O2S/c1-14(17-3-2-12-26-17)21-18(24)13-22-8-10-23(11-9-22)19(25)15-4-6-16(20)7-5-15/h2-7,12,14H,8-11,13H2,1H3,(H,21,24). The van der Waals surface area contributed by atoms with Crippen molar-refractivity contribution in [2.45, 2.75) is 13.0 Å². The van der Waals surface area contributed by atoms with Crippen molar-refractivity contribution in [2.24, 2.45) is 0 Å². The van der Waals surface area contributed by atoms with Crippen LogP contribution in [0.4, 0.5) is 0 Å². The summed E-state index contributed by atoms with van der Waals surface area (Å²) in [5.41, 5.74) is 0.644. The predicted molar refractivity (Wildman–Crippen MR) is 105 cm³/mol. The number of rotatable bonds is 5. The molecular weight excluding hydrogens is 370 g/mol. The van der Waals surface area contributed by atoms with Crippen LogP contribution in [0.3, 0.4) is 0 Å². The topological polar surface area (TPSA) is 52.7 Å². The molecule has 138 valence electrons. The minimum absolute atomic E-state index is 0.0112. The Morgan fingerprint density at radius 2 is 1.85 bits per heavy atom. The van der Waals surface area contributed by atoms with Crippen LogP contribution in [0.1, 0.15) is 28.2 Å². The molecule has 1 saturated heterocycles. The first-order chi connectivity index (χ1) is 12.5. The van der Waals surface area contributed by atoms with Crippen molar-refractivity contribution in [3.63, 3.8) is 0 Å². The van der Waals surface area contributed by atoms with Gasteiger partial charge in [0.15, 0.2) is 0 Å². The van der Waals surface area contributed by atoms with E-state index in [9.17, 15) is 9.59 Å². The summed E-state index contributed by atoms with van der Waals surface area (Å²) in [5, 5.41) is 5.66. The van der Waals surface area contributed by atoms with Gasteiger partial charge in [0.25, 0.3) is 5.91 Å². The van der Waals surface area contributed by atoms with Crippen molar-refractivity contribution in [1.82, 2.24) is 15.1 Å². The maximum atomic E-state index is 12.5. The molecule has 3 rings (SSSR count). The third-order valence-corrected chi connectivity index (χ3v) is 5.77. The van der Waals surface area contributed by atoms with E-state index < -0.39 is 0 Å². The van der Waals surface area contributed by atoms with E-state index in [1.807, 2.05) is 29.3 Å². The second-order valence-electron chi connectivity index (χ2n) is 6.38. The van der Waals surface area contributed by atoms with Crippen LogP contribution in [0.25, 0.3) is 0 Å². The highest BCUT2D eigenvalue weighted by Gasteiger charge is 2.23. The number of carbonyl (C=O) groups is 2. The van der Waals surface area contributed by atoms with Gasteiger partial charge in [0, 0.05) is 41.6 Å². The van der Waals surface area contributed by atoms with Gasteiger partial charge in [-0.25, -0.2) is 0 Å². The first-order valence-electron chi connectivity index (χ1n) is 8.63. The summed E-state index contributed by atoms with van der Waals surface area (Å²) in [6.07, 6.45) is 0. The van der Waals surface area contributed by atoms with Gasteiger partial charge >= 0.3 is 0 Å². The molecule has 2 amide bonds. The lowest BCUT2D eigenvalue weighted by molar-refractivity contribution is -0.123. The molecule has 5 nitrogen and oxygen atoms in total. The molecule has 0 radical (unpaired) electrons. The lowest BCUT2D eigenvalue weighted by atomic mass is 10.2. The van der Waals surface area contributed by atoms with E-state index in [1.165, 1.54) is 0 Å². The van der Waals surface area contributed by atoms with Gasteiger partial charge in [-0.3, -0.25) is 14.5 Å². The van der Waals surface area contributed by atoms with Crippen LogP contribution in [-0.2, 0) is 4.79 Å². The van der Waals surface area contributed by atoms with E-state index in [1.54, 1.807) is 35.6 Å². The van der Waals surface area contributed by atoms with Crippen molar-refractivity contribution in [2.75, 3.05) is 32.7 Å². The summed E-state index contributed by atoms with van der Waals surface area (Å²) in [5.74, 6) is 0.0282. The Labute approximate surface area is 162 Å². The molecule has 0 saturated carbocycles. The number of halogens is 1. The number of nitrogens with zero attached hydrogens (tertiary/aromatic N) is 2. The predicted octanol–water partition coefficient (Wildman–Crippen LogP) is 3.04. The Bertz CT molecular complexity index is 741. The number of hydrogen-bond acceptors (Lipinski definition) is 4. The van der Waals surface area contributed by atoms with Gasteiger partial charge in [-0.1, -0.05) is 17.7 Å². The van der Waals surface area contributed by atoms with Crippen molar-refractivity contribution in [3.8, 4) is 0 Å². The minimum Gasteiger partial charge on any atom is -0.348 e. The average molecular weight is 392 g/mol. The Hall–Kier alpha value is -1.89. The molecule has 1 aliphatic rings.